The van der Waals surface area contributed by atoms with Crippen molar-refractivity contribution >= 4 is 10.9 Å². The lowest BCUT2D eigenvalue weighted by Crippen LogP contribution is -2.05. The number of aromatic hydroxyl groups is 1. The first kappa shape index (κ1) is 13.4. The number of nitrogens with zero attached hydrogens (tertiary/aromatic N) is 1. The SMILES string of the molecule is C[C@@H](O)c1ccc2c(C3CCCCC3)ccnc2c1O. The Morgan fingerprint density at radius 3 is 2.60 bits per heavy atom. The molecule has 1 aromatic carbocycles. The van der Waals surface area contributed by atoms with Crippen LogP contribution in [-0.2, 0) is 0 Å². The molecule has 20 heavy (non-hydrogen) atoms. The molecule has 3 nitrogen and oxygen atoms in total. The van der Waals surface area contributed by atoms with Crippen LogP contribution in [0.1, 0.15) is 62.2 Å². The summed E-state index contributed by atoms with van der Waals surface area (Å²) in [6.45, 7) is 1.66. The predicted octanol–water partition coefficient (Wildman–Crippen LogP) is 4.04. The number of aliphatic hydroxyl groups is 1. The highest BCUT2D eigenvalue weighted by Crippen LogP contribution is 2.39. The number of pyridine rings is 1. The molecule has 0 spiro atoms. The number of fused-ring (bicyclic) bond motifs is 1. The molecule has 2 N–H and O–H groups in total. The Bertz CT molecular complexity index is 616. The number of phenolic OH excluding ortho intramolecular Hbond substituents is 1. The maximum Gasteiger partial charge on any atom is 0.147 e. The van der Waals surface area contributed by atoms with Crippen LogP contribution in [0.25, 0.3) is 10.9 Å². The zero-order chi connectivity index (χ0) is 14.1. The molecule has 1 saturated carbocycles. The minimum atomic E-state index is -0.681. The largest absolute Gasteiger partial charge is 0.505 e. The van der Waals surface area contributed by atoms with Crippen molar-refractivity contribution in [2.45, 2.75) is 51.0 Å². The average molecular weight is 271 g/mol. The average Bonchev–Trinajstić information content (AvgIpc) is 2.48. The number of aromatic nitrogens is 1. The van der Waals surface area contributed by atoms with Crippen molar-refractivity contribution in [2.24, 2.45) is 0 Å². The first-order valence-electron chi connectivity index (χ1n) is 7.47. The molecule has 1 aliphatic rings. The van der Waals surface area contributed by atoms with E-state index in [1.54, 1.807) is 13.1 Å². The van der Waals surface area contributed by atoms with Crippen LogP contribution in [0, 0.1) is 0 Å². The van der Waals surface area contributed by atoms with E-state index in [0.29, 0.717) is 17.0 Å². The Morgan fingerprint density at radius 2 is 1.90 bits per heavy atom. The molecule has 0 radical (unpaired) electrons. The fourth-order valence-corrected chi connectivity index (χ4v) is 3.35. The topological polar surface area (TPSA) is 53.4 Å². The molecule has 0 bridgehead atoms. The van der Waals surface area contributed by atoms with Gasteiger partial charge in [-0.05, 0) is 37.3 Å². The van der Waals surface area contributed by atoms with Gasteiger partial charge in [-0.25, -0.2) is 0 Å². The van der Waals surface area contributed by atoms with Gasteiger partial charge in [0.1, 0.15) is 11.3 Å². The highest BCUT2D eigenvalue weighted by molar-refractivity contribution is 5.88. The molecule has 106 valence electrons. The van der Waals surface area contributed by atoms with Crippen LogP contribution >= 0.6 is 0 Å². The van der Waals surface area contributed by atoms with Gasteiger partial charge in [-0.1, -0.05) is 31.4 Å². The number of rotatable bonds is 2. The Morgan fingerprint density at radius 1 is 1.15 bits per heavy atom. The van der Waals surface area contributed by atoms with Gasteiger partial charge in [0.25, 0.3) is 0 Å². The third-order valence-electron chi connectivity index (χ3n) is 4.45. The van der Waals surface area contributed by atoms with Crippen molar-refractivity contribution < 1.29 is 10.2 Å². The lowest BCUT2D eigenvalue weighted by molar-refractivity contribution is 0.195. The standard InChI is InChI=1S/C17H21NO2/c1-11(19)13-7-8-15-14(12-5-3-2-4-6-12)9-10-18-16(15)17(13)20/h7-12,19-20H,2-6H2,1H3/t11-/m1/s1. The van der Waals surface area contributed by atoms with Gasteiger partial charge in [-0.3, -0.25) is 4.98 Å². The van der Waals surface area contributed by atoms with Gasteiger partial charge in [0.15, 0.2) is 0 Å². The van der Waals surface area contributed by atoms with Crippen molar-refractivity contribution in [3.8, 4) is 5.75 Å². The maximum atomic E-state index is 10.3. The molecule has 0 amide bonds. The zero-order valence-corrected chi connectivity index (χ0v) is 11.8. The summed E-state index contributed by atoms with van der Waals surface area (Å²) in [4.78, 5) is 4.32. The second-order valence-electron chi connectivity index (χ2n) is 5.81. The summed E-state index contributed by atoms with van der Waals surface area (Å²) in [5.74, 6) is 0.696. The van der Waals surface area contributed by atoms with Crippen molar-refractivity contribution in [1.29, 1.82) is 0 Å². The van der Waals surface area contributed by atoms with Crippen LogP contribution in [0.5, 0.6) is 5.75 Å². The van der Waals surface area contributed by atoms with E-state index in [1.165, 1.54) is 37.7 Å². The van der Waals surface area contributed by atoms with E-state index in [4.69, 9.17) is 0 Å². The molecule has 1 aliphatic carbocycles. The smallest absolute Gasteiger partial charge is 0.147 e. The molecule has 1 atom stereocenters. The molecule has 2 aromatic rings. The summed E-state index contributed by atoms with van der Waals surface area (Å²) in [5.41, 5.74) is 2.46. The van der Waals surface area contributed by atoms with Crippen molar-refractivity contribution in [2.75, 3.05) is 0 Å². The minimum Gasteiger partial charge on any atom is -0.505 e. The van der Waals surface area contributed by atoms with Gasteiger partial charge in [0.2, 0.25) is 0 Å². The zero-order valence-electron chi connectivity index (χ0n) is 11.8. The summed E-state index contributed by atoms with van der Waals surface area (Å²) >= 11 is 0. The van der Waals surface area contributed by atoms with Gasteiger partial charge >= 0.3 is 0 Å². The Labute approximate surface area is 119 Å². The van der Waals surface area contributed by atoms with E-state index in [2.05, 4.69) is 11.1 Å². The van der Waals surface area contributed by atoms with E-state index in [1.807, 2.05) is 12.1 Å². The molecule has 1 heterocycles. The summed E-state index contributed by atoms with van der Waals surface area (Å²) < 4.78 is 0. The quantitative estimate of drug-likeness (QED) is 0.866. The molecule has 1 aromatic heterocycles. The molecule has 0 unspecified atom stereocenters. The Hall–Kier alpha value is -1.61. The normalized spacial score (nSPS) is 18.3. The first-order valence-corrected chi connectivity index (χ1v) is 7.47. The Balaban J connectivity index is 2.13. The van der Waals surface area contributed by atoms with Crippen LogP contribution < -0.4 is 0 Å². The first-order chi connectivity index (χ1) is 9.68. The van der Waals surface area contributed by atoms with Crippen LogP contribution in [0.15, 0.2) is 24.4 Å². The summed E-state index contributed by atoms with van der Waals surface area (Å²) in [7, 11) is 0. The number of aliphatic hydroxyl groups excluding tert-OH is 1. The van der Waals surface area contributed by atoms with E-state index < -0.39 is 6.10 Å². The van der Waals surface area contributed by atoms with E-state index in [-0.39, 0.29) is 5.75 Å². The summed E-state index contributed by atoms with van der Waals surface area (Å²) in [5, 5.41) is 21.0. The lowest BCUT2D eigenvalue weighted by atomic mass is 9.82. The fraction of sp³-hybridized carbons (Fsp3) is 0.471. The van der Waals surface area contributed by atoms with Crippen molar-refractivity contribution in [1.82, 2.24) is 4.98 Å². The van der Waals surface area contributed by atoms with Gasteiger partial charge in [0, 0.05) is 17.1 Å². The molecule has 1 fully saturated rings. The molecular formula is C17H21NO2. The van der Waals surface area contributed by atoms with Crippen LogP contribution in [0.4, 0.5) is 0 Å². The number of benzene rings is 1. The fourth-order valence-electron chi connectivity index (χ4n) is 3.35. The van der Waals surface area contributed by atoms with Gasteiger partial charge in [-0.2, -0.15) is 0 Å². The second kappa shape index (κ2) is 5.41. The second-order valence-corrected chi connectivity index (χ2v) is 5.81. The summed E-state index contributed by atoms with van der Waals surface area (Å²) in [6, 6.07) is 5.89. The van der Waals surface area contributed by atoms with Crippen molar-refractivity contribution in [3.05, 3.63) is 35.5 Å². The van der Waals surface area contributed by atoms with E-state index in [0.717, 1.165) is 5.39 Å². The summed E-state index contributed by atoms with van der Waals surface area (Å²) in [6.07, 6.45) is 7.43. The monoisotopic (exact) mass is 271 g/mol. The Kier molecular flexibility index (Phi) is 3.62. The van der Waals surface area contributed by atoms with Gasteiger partial charge < -0.3 is 10.2 Å². The van der Waals surface area contributed by atoms with Crippen molar-refractivity contribution in [3.63, 3.8) is 0 Å². The highest BCUT2D eigenvalue weighted by Gasteiger charge is 2.20. The number of phenols is 1. The van der Waals surface area contributed by atoms with E-state index in [9.17, 15) is 10.2 Å². The minimum absolute atomic E-state index is 0.121. The highest BCUT2D eigenvalue weighted by atomic mass is 16.3. The van der Waals surface area contributed by atoms with Crippen LogP contribution in [-0.4, -0.2) is 15.2 Å². The third kappa shape index (κ3) is 2.27. The lowest BCUT2D eigenvalue weighted by Gasteiger charge is -2.23. The molecule has 0 saturated heterocycles. The molecule has 3 rings (SSSR count). The number of hydrogen-bond acceptors (Lipinski definition) is 3. The molecular weight excluding hydrogens is 250 g/mol. The third-order valence-corrected chi connectivity index (χ3v) is 4.45. The van der Waals surface area contributed by atoms with E-state index >= 15 is 0 Å². The van der Waals surface area contributed by atoms with Gasteiger partial charge in [0.05, 0.1) is 6.10 Å². The van der Waals surface area contributed by atoms with Crippen LogP contribution in [0.2, 0.25) is 0 Å². The predicted molar refractivity (Wildman–Crippen MR) is 79.9 cm³/mol. The maximum absolute atomic E-state index is 10.3. The number of hydrogen-bond donors (Lipinski definition) is 2. The van der Waals surface area contributed by atoms with Gasteiger partial charge in [-0.15, -0.1) is 0 Å². The van der Waals surface area contributed by atoms with Crippen LogP contribution in [0.3, 0.4) is 0 Å². The molecule has 3 heteroatoms. The molecule has 0 aliphatic heterocycles.